The zero-order valence-corrected chi connectivity index (χ0v) is 28.9. The summed E-state index contributed by atoms with van der Waals surface area (Å²) in [6, 6.07) is 18.3. The first-order valence-electron chi connectivity index (χ1n) is 16.4. The SMILES string of the molecule is CCOC(=O)CCCOc1cccc(CCCCCCOc2cc(-c3ccsc3)cc(-c3ccnc(Cl)c3)c2)c1CCC(=O)OCC. The molecule has 0 unspecified atom stereocenters. The summed E-state index contributed by atoms with van der Waals surface area (Å²) >= 11 is 7.85. The van der Waals surface area contributed by atoms with Crippen LogP contribution in [0.1, 0.15) is 69.9 Å². The lowest BCUT2D eigenvalue weighted by atomic mass is 9.96. The van der Waals surface area contributed by atoms with Gasteiger partial charge in [0.05, 0.1) is 26.4 Å². The monoisotopic (exact) mass is 677 g/mol. The van der Waals surface area contributed by atoms with Crippen LogP contribution in [-0.2, 0) is 31.9 Å². The van der Waals surface area contributed by atoms with Crippen LogP contribution in [0.25, 0.3) is 22.3 Å². The highest BCUT2D eigenvalue weighted by molar-refractivity contribution is 7.08. The summed E-state index contributed by atoms with van der Waals surface area (Å²) in [4.78, 5) is 28.0. The normalized spacial score (nSPS) is 10.9. The van der Waals surface area contributed by atoms with E-state index in [1.165, 1.54) is 5.56 Å². The predicted molar refractivity (Wildman–Crippen MR) is 188 cm³/mol. The number of esters is 2. The highest BCUT2D eigenvalue weighted by atomic mass is 35.5. The zero-order valence-electron chi connectivity index (χ0n) is 27.3. The minimum Gasteiger partial charge on any atom is -0.494 e. The molecular weight excluding hydrogens is 634 g/mol. The molecule has 0 aliphatic rings. The van der Waals surface area contributed by atoms with Gasteiger partial charge in [0.1, 0.15) is 16.7 Å². The van der Waals surface area contributed by atoms with Gasteiger partial charge in [0.15, 0.2) is 0 Å². The van der Waals surface area contributed by atoms with E-state index < -0.39 is 0 Å². The van der Waals surface area contributed by atoms with E-state index in [9.17, 15) is 9.59 Å². The Morgan fingerprint density at radius 1 is 0.745 bits per heavy atom. The van der Waals surface area contributed by atoms with E-state index in [0.29, 0.717) is 57.3 Å². The van der Waals surface area contributed by atoms with Gasteiger partial charge >= 0.3 is 11.9 Å². The number of carbonyl (C=O) groups is 2. The van der Waals surface area contributed by atoms with Crippen molar-refractivity contribution in [2.24, 2.45) is 0 Å². The molecule has 0 radical (unpaired) electrons. The number of rotatable bonds is 20. The first-order chi connectivity index (χ1) is 23.0. The molecule has 0 fully saturated rings. The third kappa shape index (κ3) is 12.0. The maximum Gasteiger partial charge on any atom is 0.306 e. The van der Waals surface area contributed by atoms with Gasteiger partial charge in [-0.2, -0.15) is 11.3 Å². The van der Waals surface area contributed by atoms with Gasteiger partial charge < -0.3 is 18.9 Å². The molecule has 0 saturated heterocycles. The smallest absolute Gasteiger partial charge is 0.306 e. The molecule has 0 spiro atoms. The Balaban J connectivity index is 1.29. The van der Waals surface area contributed by atoms with Crippen molar-refractivity contribution in [3.8, 4) is 33.8 Å². The van der Waals surface area contributed by atoms with Gasteiger partial charge in [0, 0.05) is 19.0 Å². The van der Waals surface area contributed by atoms with Gasteiger partial charge in [-0.3, -0.25) is 9.59 Å². The van der Waals surface area contributed by atoms with Gasteiger partial charge in [-0.1, -0.05) is 36.6 Å². The molecule has 0 N–H and O–H groups in total. The minimum atomic E-state index is -0.218. The first-order valence-corrected chi connectivity index (χ1v) is 17.8. The molecule has 0 atom stereocenters. The average molecular weight is 678 g/mol. The van der Waals surface area contributed by atoms with Gasteiger partial charge in [0.2, 0.25) is 0 Å². The number of benzene rings is 2. The van der Waals surface area contributed by atoms with E-state index in [0.717, 1.165) is 71.4 Å². The second-order valence-electron chi connectivity index (χ2n) is 11.1. The Morgan fingerprint density at radius 3 is 2.23 bits per heavy atom. The number of hydrogen-bond donors (Lipinski definition) is 0. The third-order valence-corrected chi connectivity index (χ3v) is 8.52. The van der Waals surface area contributed by atoms with Gasteiger partial charge in [0.25, 0.3) is 0 Å². The summed E-state index contributed by atoms with van der Waals surface area (Å²) < 4.78 is 22.5. The molecule has 9 heteroatoms. The summed E-state index contributed by atoms with van der Waals surface area (Å²) in [5.41, 5.74) is 6.53. The number of aryl methyl sites for hydroxylation is 1. The molecule has 2 aromatic heterocycles. The lowest BCUT2D eigenvalue weighted by Gasteiger charge is -2.16. The number of carbonyl (C=O) groups excluding carboxylic acids is 2. The number of aromatic nitrogens is 1. The molecule has 2 aromatic carbocycles. The zero-order chi connectivity index (χ0) is 33.3. The van der Waals surface area contributed by atoms with Crippen molar-refractivity contribution in [3.05, 3.63) is 87.8 Å². The average Bonchev–Trinajstić information content (AvgIpc) is 3.61. The second-order valence-corrected chi connectivity index (χ2v) is 12.3. The van der Waals surface area contributed by atoms with Crippen molar-refractivity contribution >= 4 is 34.9 Å². The van der Waals surface area contributed by atoms with Crippen LogP contribution in [0.4, 0.5) is 0 Å². The van der Waals surface area contributed by atoms with Gasteiger partial charge in [-0.25, -0.2) is 4.98 Å². The number of ether oxygens (including phenoxy) is 4. The third-order valence-electron chi connectivity index (χ3n) is 7.63. The number of thiophene rings is 1. The van der Waals surface area contributed by atoms with Crippen LogP contribution in [0.3, 0.4) is 0 Å². The Labute approximate surface area is 287 Å². The van der Waals surface area contributed by atoms with Crippen molar-refractivity contribution in [1.29, 1.82) is 0 Å². The maximum atomic E-state index is 12.1. The molecule has 4 aromatic rings. The van der Waals surface area contributed by atoms with Crippen molar-refractivity contribution in [3.63, 3.8) is 0 Å². The molecule has 2 heterocycles. The van der Waals surface area contributed by atoms with E-state index in [1.54, 1.807) is 24.5 Å². The van der Waals surface area contributed by atoms with Crippen LogP contribution < -0.4 is 9.47 Å². The van der Waals surface area contributed by atoms with Crippen LogP contribution in [-0.4, -0.2) is 43.4 Å². The topological polar surface area (TPSA) is 84.0 Å². The molecule has 250 valence electrons. The summed E-state index contributed by atoms with van der Waals surface area (Å²) in [7, 11) is 0. The van der Waals surface area contributed by atoms with E-state index in [-0.39, 0.29) is 11.9 Å². The van der Waals surface area contributed by atoms with E-state index >= 15 is 0 Å². The molecular formula is C38H44ClNO6S. The number of halogens is 1. The van der Waals surface area contributed by atoms with Crippen LogP contribution >= 0.6 is 22.9 Å². The number of hydrogen-bond acceptors (Lipinski definition) is 8. The van der Waals surface area contributed by atoms with Crippen molar-refractivity contribution in [1.82, 2.24) is 4.98 Å². The lowest BCUT2D eigenvalue weighted by Crippen LogP contribution is -2.10. The van der Waals surface area contributed by atoms with Crippen molar-refractivity contribution in [2.75, 3.05) is 26.4 Å². The summed E-state index contributed by atoms with van der Waals surface area (Å²) in [6.45, 7) is 5.38. The molecule has 0 bridgehead atoms. The Kier molecular flexibility index (Phi) is 15.1. The standard InChI is InChI=1S/C38H44ClNO6S/c1-3-43-37(41)14-10-21-46-35-13-9-12-28(34(35)15-16-38(42)44-4-2)11-7-5-6-8-20-45-33-24-31(29-17-19-40-36(39)26-29)23-32(25-33)30-18-22-47-27-30/h9,12-13,17-19,22-27H,3-8,10-11,14-16,20-21H2,1-2H3. The first kappa shape index (κ1) is 36.0. The second kappa shape index (κ2) is 19.7. The Hall–Kier alpha value is -3.88. The molecule has 4 rings (SSSR count). The molecule has 0 aliphatic heterocycles. The Morgan fingerprint density at radius 2 is 1.49 bits per heavy atom. The predicted octanol–water partition coefficient (Wildman–Crippen LogP) is 9.53. The number of unbranched alkanes of at least 4 members (excludes halogenated alkanes) is 3. The fourth-order valence-electron chi connectivity index (χ4n) is 5.34. The molecule has 0 saturated carbocycles. The summed E-state index contributed by atoms with van der Waals surface area (Å²) in [6.07, 6.45) is 8.39. The van der Waals surface area contributed by atoms with Crippen LogP contribution in [0.2, 0.25) is 5.15 Å². The molecule has 0 amide bonds. The number of pyridine rings is 1. The van der Waals surface area contributed by atoms with Crippen molar-refractivity contribution in [2.45, 2.75) is 71.6 Å². The van der Waals surface area contributed by atoms with E-state index in [1.807, 2.05) is 31.2 Å². The highest BCUT2D eigenvalue weighted by Gasteiger charge is 2.14. The lowest BCUT2D eigenvalue weighted by molar-refractivity contribution is -0.144. The largest absolute Gasteiger partial charge is 0.494 e. The fourth-order valence-corrected chi connectivity index (χ4v) is 6.18. The summed E-state index contributed by atoms with van der Waals surface area (Å²) in [5.74, 6) is 1.17. The van der Waals surface area contributed by atoms with Gasteiger partial charge in [-0.15, -0.1) is 0 Å². The quantitative estimate of drug-likeness (QED) is 0.0523. The molecule has 47 heavy (non-hydrogen) atoms. The molecule has 7 nitrogen and oxygen atoms in total. The summed E-state index contributed by atoms with van der Waals surface area (Å²) in [5, 5.41) is 4.67. The van der Waals surface area contributed by atoms with Crippen LogP contribution in [0.5, 0.6) is 11.5 Å². The highest BCUT2D eigenvalue weighted by Crippen LogP contribution is 2.33. The van der Waals surface area contributed by atoms with Crippen LogP contribution in [0.15, 0.2) is 71.6 Å². The maximum absolute atomic E-state index is 12.1. The van der Waals surface area contributed by atoms with E-state index in [2.05, 4.69) is 46.1 Å². The van der Waals surface area contributed by atoms with Crippen LogP contribution in [0, 0.1) is 0 Å². The van der Waals surface area contributed by atoms with Crippen molar-refractivity contribution < 1.29 is 28.5 Å². The Bertz CT molecular complexity index is 1560. The fraction of sp³-hybridized carbons (Fsp3) is 0.395. The minimum absolute atomic E-state index is 0.215. The molecule has 0 aliphatic carbocycles. The van der Waals surface area contributed by atoms with Gasteiger partial charge in [-0.05, 0) is 133 Å². The van der Waals surface area contributed by atoms with E-state index in [4.69, 9.17) is 30.5 Å². The number of nitrogens with zero attached hydrogens (tertiary/aromatic N) is 1.